The Balaban J connectivity index is 1.13. The summed E-state index contributed by atoms with van der Waals surface area (Å²) in [6.07, 6.45) is 22.1. The maximum atomic E-state index is 2.57. The summed E-state index contributed by atoms with van der Waals surface area (Å²) in [6.45, 7) is 11.1. The molecule has 0 aliphatic heterocycles. The molecule has 0 atom stereocenters. The first-order chi connectivity index (χ1) is 29.1. The first-order valence-corrected chi connectivity index (χ1v) is 22.8. The Labute approximate surface area is 351 Å². The van der Waals surface area contributed by atoms with Crippen molar-refractivity contribution in [1.82, 2.24) is 9.13 Å². The van der Waals surface area contributed by atoms with Crippen LogP contribution in [0.3, 0.4) is 0 Å². The van der Waals surface area contributed by atoms with Crippen LogP contribution < -0.4 is 0 Å². The highest BCUT2D eigenvalue weighted by atomic mass is 15.0. The molecule has 0 unspecified atom stereocenters. The van der Waals surface area contributed by atoms with Gasteiger partial charge in [-0.3, -0.25) is 0 Å². The molecule has 0 fully saturated rings. The Morgan fingerprint density at radius 2 is 0.864 bits per heavy atom. The summed E-state index contributed by atoms with van der Waals surface area (Å²) in [5.74, 6) is 0. The van der Waals surface area contributed by atoms with Gasteiger partial charge in [-0.15, -0.1) is 0 Å². The molecule has 0 saturated carbocycles. The van der Waals surface area contributed by atoms with E-state index in [2.05, 4.69) is 182 Å². The lowest BCUT2D eigenvalue weighted by Crippen LogP contribution is -2.25. The van der Waals surface area contributed by atoms with E-state index in [0.717, 1.165) is 13.1 Å². The second kappa shape index (κ2) is 16.9. The summed E-state index contributed by atoms with van der Waals surface area (Å²) in [4.78, 5) is 0. The van der Waals surface area contributed by atoms with Crippen LogP contribution >= 0.6 is 0 Å². The molecule has 0 radical (unpaired) electrons. The largest absolute Gasteiger partial charge is 0.341 e. The number of fused-ring (bicyclic) bond motifs is 9. The molecule has 0 spiro atoms. The number of para-hydroxylation sites is 2. The van der Waals surface area contributed by atoms with Gasteiger partial charge < -0.3 is 9.13 Å². The summed E-state index contributed by atoms with van der Waals surface area (Å²) < 4.78 is 4.91. The van der Waals surface area contributed by atoms with Crippen LogP contribution in [0.1, 0.15) is 125 Å². The fourth-order valence-corrected chi connectivity index (χ4v) is 10.7. The zero-order valence-corrected chi connectivity index (χ0v) is 35.7. The molecule has 6 aromatic carbocycles. The van der Waals surface area contributed by atoms with Crippen LogP contribution in [0.5, 0.6) is 0 Å². The normalized spacial score (nSPS) is 13.6. The van der Waals surface area contributed by atoms with Gasteiger partial charge in [0, 0.05) is 62.1 Å². The molecule has 59 heavy (non-hydrogen) atoms. The molecule has 2 heteroatoms. The minimum atomic E-state index is 0.00295. The number of benzene rings is 6. The average molecular weight is 773 g/mol. The Morgan fingerprint density at radius 3 is 1.31 bits per heavy atom. The first-order valence-electron chi connectivity index (χ1n) is 22.8. The minimum Gasteiger partial charge on any atom is -0.341 e. The van der Waals surface area contributed by atoms with Crippen molar-refractivity contribution in [2.24, 2.45) is 0 Å². The second-order valence-electron chi connectivity index (χ2n) is 17.0. The highest BCUT2D eigenvalue weighted by Crippen LogP contribution is 2.55. The second-order valence-corrected chi connectivity index (χ2v) is 17.0. The third-order valence-corrected chi connectivity index (χ3v) is 13.5. The van der Waals surface area contributed by atoms with Gasteiger partial charge >= 0.3 is 0 Å². The molecule has 2 nitrogen and oxygen atoms in total. The Hall–Kier alpha value is -5.60. The SMILES string of the molecule is CCCCCCC1(CCCCCC)c2cc(/C=C\c3cccc4c3c3ccccc3n4CC)ccc2-c2ccc(/C=C/c3cccc4c3c3ccccc3n4CC)cc21. The minimum absolute atomic E-state index is 0.00295. The van der Waals surface area contributed by atoms with E-state index in [9.17, 15) is 0 Å². The molecule has 0 amide bonds. The maximum absolute atomic E-state index is 2.57. The van der Waals surface area contributed by atoms with Crippen molar-refractivity contribution < 1.29 is 0 Å². The molecular weight excluding hydrogens is 713 g/mol. The summed E-state index contributed by atoms with van der Waals surface area (Å²) in [6, 6.07) is 46.1. The molecular formula is C57H60N2. The van der Waals surface area contributed by atoms with E-state index in [1.54, 1.807) is 11.1 Å². The van der Waals surface area contributed by atoms with E-state index >= 15 is 0 Å². The number of hydrogen-bond acceptors (Lipinski definition) is 0. The van der Waals surface area contributed by atoms with Crippen LogP contribution in [0.25, 0.3) is 79.0 Å². The number of unbranched alkanes of at least 4 members (excludes halogenated alkanes) is 6. The molecule has 2 aromatic heterocycles. The van der Waals surface area contributed by atoms with Gasteiger partial charge in [-0.05, 0) is 95.5 Å². The van der Waals surface area contributed by atoms with E-state index < -0.39 is 0 Å². The van der Waals surface area contributed by atoms with E-state index in [4.69, 9.17) is 0 Å². The van der Waals surface area contributed by atoms with Crippen LogP contribution in [-0.2, 0) is 18.5 Å². The van der Waals surface area contributed by atoms with Gasteiger partial charge in [0.15, 0.2) is 0 Å². The fraction of sp³-hybridized carbons (Fsp3) is 0.298. The van der Waals surface area contributed by atoms with Gasteiger partial charge in [-0.2, -0.15) is 0 Å². The number of hydrogen-bond donors (Lipinski definition) is 0. The standard InChI is InChI=1S/C57H60N2/c1-5-9-11-17-37-57(38-18-12-10-6-2)49-39-41(29-33-43-21-19-27-53-55(43)47-23-13-15-25-51(47)58(53)7-3)31-35-45(49)46-36-32-42(40-50(46)57)30-34-44-22-20-28-54-56(44)48-24-14-16-26-52(48)59(54)8-4/h13-16,19-36,39-40H,5-12,17-18,37-38H2,1-4H3/b33-29-,34-30+. The monoisotopic (exact) mass is 772 g/mol. The number of rotatable bonds is 16. The topological polar surface area (TPSA) is 9.86 Å². The third kappa shape index (κ3) is 6.95. The Bertz CT molecular complexity index is 2640. The maximum Gasteiger partial charge on any atom is 0.0497 e. The van der Waals surface area contributed by atoms with E-state index in [1.807, 2.05) is 0 Å². The average Bonchev–Trinajstić information content (AvgIpc) is 3.88. The molecule has 298 valence electrons. The van der Waals surface area contributed by atoms with Crippen LogP contribution in [0.4, 0.5) is 0 Å². The van der Waals surface area contributed by atoms with Crippen molar-refractivity contribution in [2.45, 2.75) is 110 Å². The van der Waals surface area contributed by atoms with Gasteiger partial charge in [0.2, 0.25) is 0 Å². The van der Waals surface area contributed by atoms with Crippen molar-refractivity contribution in [3.8, 4) is 11.1 Å². The predicted molar refractivity (Wildman–Crippen MR) is 258 cm³/mol. The highest BCUT2D eigenvalue weighted by molar-refractivity contribution is 6.13. The van der Waals surface area contributed by atoms with Gasteiger partial charge in [0.25, 0.3) is 0 Å². The molecule has 9 rings (SSSR count). The quantitative estimate of drug-likeness (QED) is 0.0684. The fourth-order valence-electron chi connectivity index (χ4n) is 10.7. The third-order valence-electron chi connectivity index (χ3n) is 13.5. The smallest absolute Gasteiger partial charge is 0.0497 e. The predicted octanol–water partition coefficient (Wildman–Crippen LogP) is 16.5. The zero-order valence-electron chi connectivity index (χ0n) is 35.7. The summed E-state index contributed by atoms with van der Waals surface area (Å²) in [7, 11) is 0. The summed E-state index contributed by atoms with van der Waals surface area (Å²) in [5.41, 5.74) is 16.4. The lowest BCUT2D eigenvalue weighted by molar-refractivity contribution is 0.401. The van der Waals surface area contributed by atoms with Crippen LogP contribution in [0, 0.1) is 0 Å². The van der Waals surface area contributed by atoms with E-state index in [1.165, 1.54) is 141 Å². The van der Waals surface area contributed by atoms with Gasteiger partial charge in [-0.25, -0.2) is 0 Å². The number of aromatic nitrogens is 2. The Kier molecular flexibility index (Phi) is 11.2. The molecule has 1 aliphatic carbocycles. The first kappa shape index (κ1) is 38.9. The highest BCUT2D eigenvalue weighted by Gasteiger charge is 2.42. The van der Waals surface area contributed by atoms with Crippen LogP contribution in [-0.4, -0.2) is 9.13 Å². The molecule has 0 saturated heterocycles. The Morgan fingerprint density at radius 1 is 0.424 bits per heavy atom. The molecule has 2 heterocycles. The number of aryl methyl sites for hydroxylation is 2. The van der Waals surface area contributed by atoms with Crippen molar-refractivity contribution in [1.29, 1.82) is 0 Å². The van der Waals surface area contributed by atoms with E-state index in [0.29, 0.717) is 0 Å². The van der Waals surface area contributed by atoms with Gasteiger partial charge in [0.1, 0.15) is 0 Å². The zero-order chi connectivity index (χ0) is 40.3. The number of nitrogens with zero attached hydrogens (tertiary/aromatic N) is 2. The van der Waals surface area contributed by atoms with Crippen molar-refractivity contribution in [3.63, 3.8) is 0 Å². The van der Waals surface area contributed by atoms with Gasteiger partial charge in [0.05, 0.1) is 0 Å². The molecule has 1 aliphatic rings. The van der Waals surface area contributed by atoms with Crippen molar-refractivity contribution in [3.05, 3.63) is 155 Å². The van der Waals surface area contributed by atoms with Crippen LogP contribution in [0.2, 0.25) is 0 Å². The lowest BCUT2D eigenvalue weighted by Gasteiger charge is -2.33. The van der Waals surface area contributed by atoms with Crippen molar-refractivity contribution >= 4 is 67.9 Å². The summed E-state index contributed by atoms with van der Waals surface area (Å²) >= 11 is 0. The van der Waals surface area contributed by atoms with Gasteiger partial charge in [-0.1, -0.05) is 187 Å². The van der Waals surface area contributed by atoms with E-state index in [-0.39, 0.29) is 5.41 Å². The molecule has 0 N–H and O–H groups in total. The molecule has 8 aromatic rings. The van der Waals surface area contributed by atoms with Crippen molar-refractivity contribution in [2.75, 3.05) is 0 Å². The summed E-state index contributed by atoms with van der Waals surface area (Å²) in [5, 5.41) is 5.37. The molecule has 0 bridgehead atoms. The van der Waals surface area contributed by atoms with Crippen LogP contribution in [0.15, 0.2) is 121 Å². The lowest BCUT2D eigenvalue weighted by atomic mass is 9.70.